The summed E-state index contributed by atoms with van der Waals surface area (Å²) in [7, 11) is 0. The van der Waals surface area contributed by atoms with Crippen LogP contribution in [0.2, 0.25) is 0 Å². The molecule has 3 N–H and O–H groups in total. The average Bonchev–Trinajstić information content (AvgIpc) is 3.05. The number of nitrogens with one attached hydrogen (secondary N) is 1. The second-order valence-electron chi connectivity index (χ2n) is 7.58. The molecule has 0 saturated heterocycles. The molecule has 31 heavy (non-hydrogen) atoms. The molecule has 0 unspecified atom stereocenters. The molecule has 1 aromatic heterocycles. The van der Waals surface area contributed by atoms with Gasteiger partial charge in [0.1, 0.15) is 10.6 Å². The van der Waals surface area contributed by atoms with Crippen molar-refractivity contribution in [2.75, 3.05) is 5.32 Å². The smallest absolute Gasteiger partial charge is 0.279 e. The molecular weight excluding hydrogens is 424 g/mol. The normalized spacial score (nSPS) is 15.2. The van der Waals surface area contributed by atoms with Crippen LogP contribution >= 0.6 is 11.3 Å². The number of carbonyl (C=O) groups excluding carboxylic acids is 2. The summed E-state index contributed by atoms with van der Waals surface area (Å²) < 4.78 is 0. The summed E-state index contributed by atoms with van der Waals surface area (Å²) in [5.74, 6) is -0.942. The van der Waals surface area contributed by atoms with Gasteiger partial charge in [-0.1, -0.05) is 19.8 Å². The molecule has 0 saturated carbocycles. The predicted molar refractivity (Wildman–Crippen MR) is 116 cm³/mol. The maximum atomic E-state index is 12.8. The van der Waals surface area contributed by atoms with Crippen LogP contribution < -0.4 is 11.1 Å². The second-order valence-corrected chi connectivity index (χ2v) is 8.68. The molecule has 0 fully saturated rings. The van der Waals surface area contributed by atoms with Gasteiger partial charge in [0.05, 0.1) is 21.0 Å². The number of hydrogen-bond donors (Lipinski definition) is 2. The fourth-order valence-electron chi connectivity index (χ4n) is 4.03. The van der Waals surface area contributed by atoms with E-state index in [0.29, 0.717) is 12.3 Å². The molecule has 0 bridgehead atoms. The number of fused-ring (bicyclic) bond motifs is 1. The second kappa shape index (κ2) is 8.80. The SMILES string of the molecule is CCC[C@@H]1CCc2c(sc(NC(=O)c3cc([N+](=O)[O-])c(C)c([N+](=O)[O-])c3)c2C(N)=O)C1. The minimum Gasteiger partial charge on any atom is -0.365 e. The van der Waals surface area contributed by atoms with Crippen LogP contribution in [0.1, 0.15) is 62.9 Å². The fraction of sp³-hybridized carbons (Fsp3) is 0.400. The minimum atomic E-state index is -0.780. The molecule has 1 aliphatic carbocycles. The Labute approximate surface area is 181 Å². The number of carbonyl (C=O) groups is 2. The Balaban J connectivity index is 1.98. The predicted octanol–water partition coefficient (Wildman–Crippen LogP) is 4.13. The quantitative estimate of drug-likeness (QED) is 0.480. The molecule has 0 aliphatic heterocycles. The summed E-state index contributed by atoms with van der Waals surface area (Å²) in [5.41, 5.74) is 5.23. The molecule has 10 nitrogen and oxygen atoms in total. The Kier molecular flexibility index (Phi) is 6.34. The van der Waals surface area contributed by atoms with Gasteiger partial charge in [0, 0.05) is 17.0 Å². The average molecular weight is 446 g/mol. The molecule has 2 amide bonds. The largest absolute Gasteiger partial charge is 0.365 e. The number of primary amides is 1. The number of amides is 2. The van der Waals surface area contributed by atoms with Crippen molar-refractivity contribution in [2.45, 2.75) is 46.0 Å². The van der Waals surface area contributed by atoms with E-state index in [0.717, 1.165) is 48.3 Å². The van der Waals surface area contributed by atoms with E-state index in [1.54, 1.807) is 0 Å². The molecule has 11 heteroatoms. The first-order valence-electron chi connectivity index (χ1n) is 9.83. The van der Waals surface area contributed by atoms with E-state index in [4.69, 9.17) is 5.73 Å². The Morgan fingerprint density at radius 3 is 2.35 bits per heavy atom. The van der Waals surface area contributed by atoms with Crippen LogP contribution in [0.3, 0.4) is 0 Å². The van der Waals surface area contributed by atoms with Gasteiger partial charge in [0.25, 0.3) is 23.2 Å². The van der Waals surface area contributed by atoms with Gasteiger partial charge in [0.2, 0.25) is 0 Å². The van der Waals surface area contributed by atoms with E-state index < -0.39 is 33.0 Å². The molecule has 1 aliphatic rings. The summed E-state index contributed by atoms with van der Waals surface area (Å²) >= 11 is 1.27. The number of thiophene rings is 1. The zero-order chi connectivity index (χ0) is 22.9. The Morgan fingerprint density at radius 2 is 1.84 bits per heavy atom. The first-order valence-corrected chi connectivity index (χ1v) is 10.6. The first kappa shape index (κ1) is 22.3. The van der Waals surface area contributed by atoms with Crippen molar-refractivity contribution in [2.24, 2.45) is 11.7 Å². The van der Waals surface area contributed by atoms with E-state index in [9.17, 15) is 29.8 Å². The summed E-state index contributed by atoms with van der Waals surface area (Å²) in [6.45, 7) is 3.37. The minimum absolute atomic E-state index is 0.141. The first-order chi connectivity index (χ1) is 14.6. The molecule has 1 heterocycles. The van der Waals surface area contributed by atoms with Crippen molar-refractivity contribution >= 4 is 39.5 Å². The molecule has 1 aromatic carbocycles. The number of nitrogens with zero attached hydrogens (tertiary/aromatic N) is 2. The zero-order valence-corrected chi connectivity index (χ0v) is 17.9. The van der Waals surface area contributed by atoms with Crippen molar-refractivity contribution in [1.29, 1.82) is 0 Å². The van der Waals surface area contributed by atoms with Crippen molar-refractivity contribution in [1.82, 2.24) is 0 Å². The number of hydrogen-bond acceptors (Lipinski definition) is 7. The lowest BCUT2D eigenvalue weighted by Gasteiger charge is -2.21. The van der Waals surface area contributed by atoms with E-state index in [1.165, 1.54) is 18.3 Å². The van der Waals surface area contributed by atoms with Gasteiger partial charge in [-0.3, -0.25) is 29.8 Å². The van der Waals surface area contributed by atoms with E-state index in [2.05, 4.69) is 12.2 Å². The molecule has 0 spiro atoms. The van der Waals surface area contributed by atoms with Gasteiger partial charge in [0.15, 0.2) is 0 Å². The summed E-state index contributed by atoms with van der Waals surface area (Å²) in [6, 6.07) is 1.98. The Morgan fingerprint density at radius 1 is 1.23 bits per heavy atom. The van der Waals surface area contributed by atoms with Crippen LogP contribution in [0.15, 0.2) is 12.1 Å². The third kappa shape index (κ3) is 4.41. The lowest BCUT2D eigenvalue weighted by Crippen LogP contribution is -2.20. The van der Waals surface area contributed by atoms with Crippen LogP contribution in [0.5, 0.6) is 0 Å². The van der Waals surface area contributed by atoms with Crippen LogP contribution in [-0.4, -0.2) is 21.7 Å². The number of rotatable bonds is 7. The highest BCUT2D eigenvalue weighted by Gasteiger charge is 2.30. The van der Waals surface area contributed by atoms with Crippen molar-refractivity contribution in [3.8, 4) is 0 Å². The molecule has 2 aromatic rings. The van der Waals surface area contributed by atoms with E-state index in [1.807, 2.05) is 0 Å². The zero-order valence-electron chi connectivity index (χ0n) is 17.1. The van der Waals surface area contributed by atoms with E-state index in [-0.39, 0.29) is 21.7 Å². The van der Waals surface area contributed by atoms with Gasteiger partial charge in [-0.2, -0.15) is 0 Å². The highest BCUT2D eigenvalue weighted by atomic mass is 32.1. The lowest BCUT2D eigenvalue weighted by molar-refractivity contribution is -0.395. The molecule has 0 radical (unpaired) electrons. The molecular formula is C20H22N4O6S. The van der Waals surface area contributed by atoms with E-state index >= 15 is 0 Å². The van der Waals surface area contributed by atoms with Gasteiger partial charge in [-0.15, -0.1) is 11.3 Å². The monoisotopic (exact) mass is 446 g/mol. The number of anilines is 1. The summed E-state index contributed by atoms with van der Waals surface area (Å²) in [6.07, 6.45) is 4.55. The van der Waals surface area contributed by atoms with Gasteiger partial charge >= 0.3 is 0 Å². The van der Waals surface area contributed by atoms with Gasteiger partial charge in [-0.05, 0) is 37.7 Å². The number of nitro benzene ring substituents is 2. The van der Waals surface area contributed by atoms with Crippen LogP contribution in [0, 0.1) is 33.1 Å². The van der Waals surface area contributed by atoms with Gasteiger partial charge in [-0.25, -0.2) is 0 Å². The lowest BCUT2D eigenvalue weighted by atomic mass is 9.84. The van der Waals surface area contributed by atoms with Crippen molar-refractivity contribution in [3.05, 3.63) is 59.5 Å². The Bertz CT molecular complexity index is 1060. The summed E-state index contributed by atoms with van der Waals surface area (Å²) in [5, 5.41) is 25.4. The topological polar surface area (TPSA) is 158 Å². The highest BCUT2D eigenvalue weighted by Crippen LogP contribution is 2.41. The summed E-state index contributed by atoms with van der Waals surface area (Å²) in [4.78, 5) is 47.0. The van der Waals surface area contributed by atoms with Crippen molar-refractivity contribution < 1.29 is 19.4 Å². The Hall–Kier alpha value is -3.34. The third-order valence-electron chi connectivity index (χ3n) is 5.55. The van der Waals surface area contributed by atoms with Crippen LogP contribution in [-0.2, 0) is 12.8 Å². The molecule has 164 valence electrons. The standard InChI is InChI=1S/C20H22N4O6S/c1-3-4-11-5-6-13-16(7-11)31-20(17(13)18(21)25)22-19(26)12-8-14(23(27)28)10(2)15(9-12)24(29)30/h8-9,11H,3-7H2,1-2H3,(H2,21,25)(H,22,26)/t11-/m1/s1. The number of benzene rings is 1. The third-order valence-corrected chi connectivity index (χ3v) is 6.72. The van der Waals surface area contributed by atoms with Crippen molar-refractivity contribution in [3.63, 3.8) is 0 Å². The maximum absolute atomic E-state index is 12.8. The maximum Gasteiger partial charge on any atom is 0.279 e. The number of nitrogens with two attached hydrogens (primary N) is 1. The highest BCUT2D eigenvalue weighted by molar-refractivity contribution is 7.17. The molecule has 1 atom stereocenters. The number of nitro groups is 2. The van der Waals surface area contributed by atoms with Crippen LogP contribution in [0.25, 0.3) is 0 Å². The molecule has 3 rings (SSSR count). The van der Waals surface area contributed by atoms with Crippen LogP contribution in [0.4, 0.5) is 16.4 Å². The fourth-order valence-corrected chi connectivity index (χ4v) is 5.39. The van der Waals surface area contributed by atoms with Gasteiger partial charge < -0.3 is 11.1 Å².